The summed E-state index contributed by atoms with van der Waals surface area (Å²) in [5.74, 6) is -1.37. The molecule has 0 aromatic heterocycles. The van der Waals surface area contributed by atoms with Gasteiger partial charge in [0.25, 0.3) is 5.91 Å². The lowest BCUT2D eigenvalue weighted by molar-refractivity contribution is -0.139. The van der Waals surface area contributed by atoms with Gasteiger partial charge in [-0.05, 0) is 47.4 Å². The molecule has 1 aliphatic rings. The van der Waals surface area contributed by atoms with E-state index in [1.54, 1.807) is 47.4 Å². The minimum atomic E-state index is -1.17. The van der Waals surface area contributed by atoms with Gasteiger partial charge >= 0.3 is 12.1 Å². The van der Waals surface area contributed by atoms with Crippen LogP contribution in [0.15, 0.2) is 72.8 Å². The second kappa shape index (κ2) is 10.4. The number of halogens is 1. The van der Waals surface area contributed by atoms with Crippen LogP contribution >= 0.6 is 11.6 Å². The van der Waals surface area contributed by atoms with E-state index >= 15 is 0 Å². The van der Waals surface area contributed by atoms with E-state index in [1.807, 2.05) is 18.2 Å². The molecule has 4 rings (SSSR count). The van der Waals surface area contributed by atoms with E-state index in [9.17, 15) is 19.5 Å². The summed E-state index contributed by atoms with van der Waals surface area (Å²) >= 11 is 6.03. The summed E-state index contributed by atoms with van der Waals surface area (Å²) in [6.07, 6.45) is 0.404. The van der Waals surface area contributed by atoms with Crippen molar-refractivity contribution in [2.45, 2.75) is 25.4 Å². The van der Waals surface area contributed by atoms with Crippen molar-refractivity contribution in [3.8, 4) is 5.75 Å². The third-order valence-electron chi connectivity index (χ3n) is 5.68. The summed E-state index contributed by atoms with van der Waals surface area (Å²) in [7, 11) is 0. The third kappa shape index (κ3) is 5.55. The summed E-state index contributed by atoms with van der Waals surface area (Å²) in [6, 6.07) is 19.9. The molecule has 1 aliphatic heterocycles. The zero-order valence-electron chi connectivity index (χ0n) is 18.2. The number of nitrogens with one attached hydrogen (secondary N) is 1. The summed E-state index contributed by atoms with van der Waals surface area (Å²) in [5.41, 5.74) is 3.22. The molecule has 0 radical (unpaired) electrons. The van der Waals surface area contributed by atoms with Gasteiger partial charge in [-0.25, -0.2) is 9.59 Å². The second-order valence-corrected chi connectivity index (χ2v) is 8.41. The minimum absolute atomic E-state index is 0.0582. The van der Waals surface area contributed by atoms with Crippen LogP contribution in [0.4, 0.5) is 4.79 Å². The van der Waals surface area contributed by atoms with Crippen molar-refractivity contribution in [3.05, 3.63) is 100 Å². The number of fused-ring (bicyclic) bond motifs is 1. The molecule has 0 saturated carbocycles. The topological polar surface area (TPSA) is 95.9 Å². The molecular weight excluding hydrogens is 456 g/mol. The molecule has 174 valence electrons. The monoisotopic (exact) mass is 478 g/mol. The fourth-order valence-corrected chi connectivity index (χ4v) is 4.05. The zero-order chi connectivity index (χ0) is 24.1. The van der Waals surface area contributed by atoms with Crippen LogP contribution in [-0.2, 0) is 24.2 Å². The number of carbonyl (C=O) groups is 3. The fraction of sp³-hybridized carbons (Fsp3) is 0.192. The van der Waals surface area contributed by atoms with Gasteiger partial charge in [0.1, 0.15) is 11.8 Å². The van der Waals surface area contributed by atoms with Gasteiger partial charge in [0.15, 0.2) is 0 Å². The molecule has 7 nitrogen and oxygen atoms in total. The van der Waals surface area contributed by atoms with Crippen molar-refractivity contribution < 1.29 is 24.2 Å². The maximum Gasteiger partial charge on any atom is 0.415 e. The van der Waals surface area contributed by atoms with Crippen molar-refractivity contribution in [1.29, 1.82) is 0 Å². The first-order valence-corrected chi connectivity index (χ1v) is 11.2. The Balaban J connectivity index is 1.36. The maximum atomic E-state index is 12.6. The van der Waals surface area contributed by atoms with Crippen LogP contribution in [0.2, 0.25) is 5.02 Å². The molecule has 3 aromatic rings. The molecule has 2 amide bonds. The number of rotatable bonds is 6. The van der Waals surface area contributed by atoms with Gasteiger partial charge in [-0.3, -0.25) is 4.79 Å². The molecule has 8 heteroatoms. The first kappa shape index (κ1) is 23.3. The number of carboxylic acid groups (broad SMARTS) is 1. The lowest BCUT2D eigenvalue weighted by Crippen LogP contribution is -2.42. The van der Waals surface area contributed by atoms with E-state index in [-0.39, 0.29) is 17.0 Å². The summed E-state index contributed by atoms with van der Waals surface area (Å²) in [4.78, 5) is 38.4. The largest absolute Gasteiger partial charge is 0.480 e. The van der Waals surface area contributed by atoms with Crippen molar-refractivity contribution >= 4 is 29.6 Å². The first-order valence-electron chi connectivity index (χ1n) is 10.8. The Kier molecular flexibility index (Phi) is 7.13. The Morgan fingerprint density at radius 2 is 1.65 bits per heavy atom. The Morgan fingerprint density at radius 3 is 2.35 bits per heavy atom. The minimum Gasteiger partial charge on any atom is -0.480 e. The molecule has 0 saturated heterocycles. The molecular formula is C26H23ClN2O5. The normalized spacial score (nSPS) is 13.5. The van der Waals surface area contributed by atoms with Gasteiger partial charge in [0.05, 0.1) is 10.6 Å². The molecule has 2 N–H and O–H groups in total. The SMILES string of the molecule is O=C(N[C@@H](Cc1ccc(OC(=O)N2CCc3ccccc3C2)cc1)C(=O)O)c1ccccc1Cl. The molecule has 3 aromatic carbocycles. The molecule has 0 spiro atoms. The van der Waals surface area contributed by atoms with E-state index in [1.165, 1.54) is 11.6 Å². The van der Waals surface area contributed by atoms with E-state index in [0.717, 1.165) is 12.0 Å². The van der Waals surface area contributed by atoms with Gasteiger partial charge in [-0.15, -0.1) is 0 Å². The van der Waals surface area contributed by atoms with Crippen molar-refractivity contribution in [2.24, 2.45) is 0 Å². The van der Waals surface area contributed by atoms with E-state index in [0.29, 0.717) is 24.4 Å². The average molecular weight is 479 g/mol. The molecule has 1 heterocycles. The molecule has 34 heavy (non-hydrogen) atoms. The van der Waals surface area contributed by atoms with Gasteiger partial charge in [-0.2, -0.15) is 0 Å². The Labute approximate surface area is 201 Å². The number of carboxylic acids is 1. The molecule has 0 aliphatic carbocycles. The molecule has 0 unspecified atom stereocenters. The fourth-order valence-electron chi connectivity index (χ4n) is 3.83. The van der Waals surface area contributed by atoms with Gasteiger partial charge in [-0.1, -0.05) is 60.1 Å². The molecule has 1 atom stereocenters. The number of hydrogen-bond acceptors (Lipinski definition) is 4. The summed E-state index contributed by atoms with van der Waals surface area (Å²) in [6.45, 7) is 1.08. The average Bonchev–Trinajstić information content (AvgIpc) is 2.84. The van der Waals surface area contributed by atoms with Gasteiger partial charge < -0.3 is 20.1 Å². The lowest BCUT2D eigenvalue weighted by Gasteiger charge is -2.28. The van der Waals surface area contributed by atoms with Crippen molar-refractivity contribution in [2.75, 3.05) is 6.54 Å². The van der Waals surface area contributed by atoms with Crippen LogP contribution in [0.25, 0.3) is 0 Å². The van der Waals surface area contributed by atoms with Crippen LogP contribution in [-0.4, -0.2) is 40.6 Å². The predicted octanol–water partition coefficient (Wildman–Crippen LogP) is 4.32. The number of ether oxygens (including phenoxy) is 1. The second-order valence-electron chi connectivity index (χ2n) is 8.00. The number of benzene rings is 3. The number of amides is 2. The predicted molar refractivity (Wildman–Crippen MR) is 127 cm³/mol. The standard InChI is InChI=1S/C26H23ClN2O5/c27-22-8-4-3-7-21(22)24(30)28-23(25(31)32)15-17-9-11-20(12-10-17)34-26(33)29-14-13-18-5-1-2-6-19(18)16-29/h1-12,23H,13-16H2,(H,28,30)(H,31,32)/t23-/m0/s1. The third-order valence-corrected chi connectivity index (χ3v) is 6.01. The number of carbonyl (C=O) groups excluding carboxylic acids is 2. The molecule has 0 bridgehead atoms. The Morgan fingerprint density at radius 1 is 0.971 bits per heavy atom. The smallest absolute Gasteiger partial charge is 0.415 e. The highest BCUT2D eigenvalue weighted by Gasteiger charge is 2.24. The first-order chi connectivity index (χ1) is 16.4. The Hall–Kier alpha value is -3.84. The number of aliphatic carboxylic acids is 1. The van der Waals surface area contributed by atoms with Gasteiger partial charge in [0, 0.05) is 19.5 Å². The highest BCUT2D eigenvalue weighted by atomic mass is 35.5. The van der Waals surface area contributed by atoms with Crippen LogP contribution in [0.5, 0.6) is 5.75 Å². The zero-order valence-corrected chi connectivity index (χ0v) is 19.0. The van der Waals surface area contributed by atoms with E-state index < -0.39 is 24.0 Å². The van der Waals surface area contributed by atoms with Crippen LogP contribution < -0.4 is 10.1 Å². The van der Waals surface area contributed by atoms with Crippen LogP contribution in [0.3, 0.4) is 0 Å². The van der Waals surface area contributed by atoms with Crippen molar-refractivity contribution in [1.82, 2.24) is 10.2 Å². The van der Waals surface area contributed by atoms with E-state index in [4.69, 9.17) is 16.3 Å². The van der Waals surface area contributed by atoms with Crippen LogP contribution in [0.1, 0.15) is 27.0 Å². The van der Waals surface area contributed by atoms with E-state index in [2.05, 4.69) is 11.4 Å². The number of hydrogen-bond donors (Lipinski definition) is 2. The van der Waals surface area contributed by atoms with Gasteiger partial charge in [0.2, 0.25) is 0 Å². The summed E-state index contributed by atoms with van der Waals surface area (Å²) in [5, 5.41) is 12.3. The maximum absolute atomic E-state index is 12.6. The quantitative estimate of drug-likeness (QED) is 0.550. The highest BCUT2D eigenvalue weighted by Crippen LogP contribution is 2.21. The number of nitrogens with zero attached hydrogens (tertiary/aromatic N) is 1. The van der Waals surface area contributed by atoms with Crippen molar-refractivity contribution in [3.63, 3.8) is 0 Å². The lowest BCUT2D eigenvalue weighted by atomic mass is 10.0. The molecule has 0 fully saturated rings. The Bertz CT molecular complexity index is 1210. The summed E-state index contributed by atoms with van der Waals surface area (Å²) < 4.78 is 5.50. The van der Waals surface area contributed by atoms with Crippen LogP contribution in [0, 0.1) is 0 Å². The highest BCUT2D eigenvalue weighted by molar-refractivity contribution is 6.33.